The van der Waals surface area contributed by atoms with Gasteiger partial charge in [0, 0.05) is 5.39 Å². The average Bonchev–Trinajstić information content (AvgIpc) is 3.21. The summed E-state index contributed by atoms with van der Waals surface area (Å²) in [7, 11) is 0. The quantitative estimate of drug-likeness (QED) is 0.337. The van der Waals surface area contributed by atoms with Gasteiger partial charge < -0.3 is 14.0 Å². The first kappa shape index (κ1) is 18.9. The zero-order valence-corrected chi connectivity index (χ0v) is 16.2. The van der Waals surface area contributed by atoms with E-state index in [1.165, 1.54) is 6.07 Å². The molecule has 0 bridgehead atoms. The summed E-state index contributed by atoms with van der Waals surface area (Å²) in [6.07, 6.45) is 0. The maximum absolute atomic E-state index is 12.6. The van der Waals surface area contributed by atoms with Crippen molar-refractivity contribution in [1.29, 1.82) is 0 Å². The third-order valence-corrected chi connectivity index (χ3v) is 4.32. The minimum atomic E-state index is -0.556. The van der Waals surface area contributed by atoms with Gasteiger partial charge in [-0.25, -0.2) is 9.78 Å². The van der Waals surface area contributed by atoms with E-state index in [1.807, 2.05) is 43.3 Å². The molecule has 8 heteroatoms. The molecule has 0 aliphatic carbocycles. The molecule has 0 saturated carbocycles. The summed E-state index contributed by atoms with van der Waals surface area (Å²) in [6, 6.07) is 16.0. The molecule has 7 nitrogen and oxygen atoms in total. The third kappa shape index (κ3) is 4.05. The summed E-state index contributed by atoms with van der Waals surface area (Å²) in [5.74, 6) is 0.624. The van der Waals surface area contributed by atoms with Gasteiger partial charge >= 0.3 is 5.97 Å². The van der Waals surface area contributed by atoms with Crippen molar-refractivity contribution in [3.8, 4) is 17.1 Å². The summed E-state index contributed by atoms with van der Waals surface area (Å²) in [6.45, 7) is 2.24. The highest BCUT2D eigenvalue weighted by Gasteiger charge is 2.17. The van der Waals surface area contributed by atoms with Crippen molar-refractivity contribution in [2.24, 2.45) is 0 Å². The maximum atomic E-state index is 12.6. The van der Waals surface area contributed by atoms with Gasteiger partial charge in [-0.05, 0) is 31.2 Å². The molecule has 0 unspecified atom stereocenters. The minimum absolute atomic E-state index is 0.170. The van der Waals surface area contributed by atoms with Gasteiger partial charge in [-0.2, -0.15) is 4.98 Å². The van der Waals surface area contributed by atoms with Crippen molar-refractivity contribution in [2.75, 3.05) is 6.61 Å². The average molecular weight is 410 g/mol. The number of carbonyl (C=O) groups excluding carboxylic acids is 1. The number of fused-ring (bicyclic) bond motifs is 1. The molecule has 0 N–H and O–H groups in total. The van der Waals surface area contributed by atoms with Crippen LogP contribution in [-0.4, -0.2) is 27.7 Å². The molecule has 0 fully saturated rings. The predicted molar refractivity (Wildman–Crippen MR) is 107 cm³/mol. The molecule has 29 heavy (non-hydrogen) atoms. The number of para-hydroxylation sites is 2. The lowest BCUT2D eigenvalue weighted by molar-refractivity contribution is 0.0432. The standard InChI is InChI=1S/C21H16ClN3O4/c1-2-27-17-10-6-4-8-14(17)20-24-19(29-25-20)12-28-21(26)15-11-18(22)23-16-9-5-3-7-13(15)16/h3-11H,2,12H2,1H3. The minimum Gasteiger partial charge on any atom is -0.493 e. The first-order chi connectivity index (χ1) is 14.2. The molecule has 0 radical (unpaired) electrons. The Bertz CT molecular complexity index is 1180. The summed E-state index contributed by atoms with van der Waals surface area (Å²) < 4.78 is 16.2. The van der Waals surface area contributed by atoms with Crippen LogP contribution < -0.4 is 4.74 Å². The van der Waals surface area contributed by atoms with Gasteiger partial charge in [0.25, 0.3) is 5.89 Å². The number of aromatic nitrogens is 3. The Labute approximate surface area is 171 Å². The Kier molecular flexibility index (Phi) is 5.39. The first-order valence-electron chi connectivity index (χ1n) is 8.93. The van der Waals surface area contributed by atoms with Crippen LogP contribution in [0.3, 0.4) is 0 Å². The number of ether oxygens (including phenoxy) is 2. The van der Waals surface area contributed by atoms with E-state index in [0.29, 0.717) is 40.2 Å². The van der Waals surface area contributed by atoms with Gasteiger partial charge in [0.2, 0.25) is 5.82 Å². The Hall–Kier alpha value is -3.45. The van der Waals surface area contributed by atoms with Crippen LogP contribution in [0.2, 0.25) is 5.15 Å². The molecule has 0 atom stereocenters. The number of nitrogens with zero attached hydrogens (tertiary/aromatic N) is 3. The number of carbonyl (C=O) groups is 1. The van der Waals surface area contributed by atoms with Crippen molar-refractivity contribution in [2.45, 2.75) is 13.5 Å². The molecule has 4 aromatic rings. The number of halogens is 1. The number of benzene rings is 2. The van der Waals surface area contributed by atoms with Gasteiger partial charge in [-0.1, -0.05) is 47.1 Å². The lowest BCUT2D eigenvalue weighted by atomic mass is 10.1. The molecule has 2 aromatic heterocycles. The fourth-order valence-electron chi connectivity index (χ4n) is 2.87. The largest absolute Gasteiger partial charge is 0.493 e. The van der Waals surface area contributed by atoms with Crippen LogP contribution >= 0.6 is 11.6 Å². The Balaban J connectivity index is 1.52. The Morgan fingerprint density at radius 2 is 1.90 bits per heavy atom. The number of hydrogen-bond donors (Lipinski definition) is 0. The topological polar surface area (TPSA) is 87.3 Å². The van der Waals surface area contributed by atoms with E-state index in [4.69, 9.17) is 25.6 Å². The maximum Gasteiger partial charge on any atom is 0.339 e. The zero-order chi connectivity index (χ0) is 20.2. The second kappa shape index (κ2) is 8.28. The summed E-state index contributed by atoms with van der Waals surface area (Å²) in [5, 5.41) is 4.82. The van der Waals surface area contributed by atoms with E-state index < -0.39 is 5.97 Å². The van der Waals surface area contributed by atoms with E-state index in [2.05, 4.69) is 15.1 Å². The monoisotopic (exact) mass is 409 g/mol. The second-order valence-electron chi connectivity index (χ2n) is 6.03. The van der Waals surface area contributed by atoms with Gasteiger partial charge in [-0.3, -0.25) is 0 Å². The Morgan fingerprint density at radius 1 is 1.10 bits per heavy atom. The Morgan fingerprint density at radius 3 is 2.76 bits per heavy atom. The number of esters is 1. The predicted octanol–water partition coefficient (Wildman–Crippen LogP) is 4.69. The fraction of sp³-hybridized carbons (Fsp3) is 0.143. The van der Waals surface area contributed by atoms with Crippen LogP contribution in [0.4, 0.5) is 0 Å². The number of hydrogen-bond acceptors (Lipinski definition) is 7. The van der Waals surface area contributed by atoms with Crippen LogP contribution in [0.5, 0.6) is 5.75 Å². The molecule has 2 aromatic carbocycles. The molecule has 0 aliphatic rings. The summed E-state index contributed by atoms with van der Waals surface area (Å²) in [5.41, 5.74) is 1.63. The van der Waals surface area contributed by atoms with Crippen LogP contribution in [0.15, 0.2) is 59.1 Å². The molecule has 146 valence electrons. The molecule has 0 saturated heterocycles. The van der Waals surface area contributed by atoms with E-state index in [9.17, 15) is 4.79 Å². The number of pyridine rings is 1. The lowest BCUT2D eigenvalue weighted by Gasteiger charge is -2.06. The lowest BCUT2D eigenvalue weighted by Crippen LogP contribution is -2.07. The smallest absolute Gasteiger partial charge is 0.339 e. The van der Waals surface area contributed by atoms with E-state index in [-0.39, 0.29) is 17.7 Å². The van der Waals surface area contributed by atoms with Gasteiger partial charge in [0.1, 0.15) is 10.9 Å². The van der Waals surface area contributed by atoms with Crippen molar-refractivity contribution in [3.05, 3.63) is 71.2 Å². The van der Waals surface area contributed by atoms with Crippen LogP contribution in [0.25, 0.3) is 22.3 Å². The molecule has 0 amide bonds. The first-order valence-corrected chi connectivity index (χ1v) is 9.30. The molecule has 0 aliphatic heterocycles. The van der Waals surface area contributed by atoms with Gasteiger partial charge in [-0.15, -0.1) is 0 Å². The zero-order valence-electron chi connectivity index (χ0n) is 15.5. The highest BCUT2D eigenvalue weighted by atomic mass is 35.5. The van der Waals surface area contributed by atoms with E-state index >= 15 is 0 Å². The van der Waals surface area contributed by atoms with Crippen molar-refractivity contribution in [3.63, 3.8) is 0 Å². The molecular weight excluding hydrogens is 394 g/mol. The van der Waals surface area contributed by atoms with Crippen molar-refractivity contribution in [1.82, 2.24) is 15.1 Å². The fourth-order valence-corrected chi connectivity index (χ4v) is 3.07. The molecular formula is C21H16ClN3O4. The van der Waals surface area contributed by atoms with Crippen molar-refractivity contribution < 1.29 is 18.8 Å². The SMILES string of the molecule is CCOc1ccccc1-c1noc(COC(=O)c2cc(Cl)nc3ccccc23)n1. The molecule has 0 spiro atoms. The van der Waals surface area contributed by atoms with Crippen LogP contribution in [0, 0.1) is 0 Å². The summed E-state index contributed by atoms with van der Waals surface area (Å²) >= 11 is 6.03. The molecule has 2 heterocycles. The van der Waals surface area contributed by atoms with Crippen LogP contribution in [0.1, 0.15) is 23.2 Å². The van der Waals surface area contributed by atoms with E-state index in [0.717, 1.165) is 0 Å². The highest BCUT2D eigenvalue weighted by molar-refractivity contribution is 6.30. The van der Waals surface area contributed by atoms with Gasteiger partial charge in [0.15, 0.2) is 6.61 Å². The third-order valence-electron chi connectivity index (χ3n) is 4.13. The summed E-state index contributed by atoms with van der Waals surface area (Å²) in [4.78, 5) is 21.1. The normalized spacial score (nSPS) is 10.8. The van der Waals surface area contributed by atoms with Crippen molar-refractivity contribution >= 4 is 28.5 Å². The molecule has 4 rings (SSSR count). The number of rotatable bonds is 6. The second-order valence-corrected chi connectivity index (χ2v) is 6.41. The highest BCUT2D eigenvalue weighted by Crippen LogP contribution is 2.28. The van der Waals surface area contributed by atoms with Gasteiger partial charge in [0.05, 0.1) is 23.3 Å². The van der Waals surface area contributed by atoms with E-state index in [1.54, 1.807) is 12.1 Å². The van der Waals surface area contributed by atoms with Crippen LogP contribution in [-0.2, 0) is 11.3 Å².